The van der Waals surface area contributed by atoms with E-state index in [1.807, 2.05) is 6.92 Å². The molecule has 1 heterocycles. The fourth-order valence-electron chi connectivity index (χ4n) is 2.05. The van der Waals surface area contributed by atoms with Crippen molar-refractivity contribution in [3.8, 4) is 0 Å². The summed E-state index contributed by atoms with van der Waals surface area (Å²) in [7, 11) is 1.29. The van der Waals surface area contributed by atoms with Gasteiger partial charge in [0.2, 0.25) is 0 Å². The van der Waals surface area contributed by atoms with Gasteiger partial charge in [-0.2, -0.15) is 0 Å². The summed E-state index contributed by atoms with van der Waals surface area (Å²) in [6, 6.07) is 7.57. The molecule has 6 heteroatoms. The standard InChI is InChI=1S/C15H16FN3O2/c1-3-19(12-6-4-5-10(16)7-12)14-13(15(20)21-2)8-11(17)9-18-14/h4-9H,3,17H2,1-2H3. The Kier molecular flexibility index (Phi) is 4.37. The summed E-state index contributed by atoms with van der Waals surface area (Å²) in [5.74, 6) is -0.523. The minimum Gasteiger partial charge on any atom is -0.465 e. The van der Waals surface area contributed by atoms with Crippen LogP contribution in [-0.2, 0) is 4.74 Å². The summed E-state index contributed by atoms with van der Waals surface area (Å²) >= 11 is 0. The van der Waals surface area contributed by atoms with E-state index in [2.05, 4.69) is 4.98 Å². The van der Waals surface area contributed by atoms with Crippen LogP contribution in [0.1, 0.15) is 17.3 Å². The van der Waals surface area contributed by atoms with E-state index in [0.717, 1.165) is 0 Å². The lowest BCUT2D eigenvalue weighted by Crippen LogP contribution is -2.21. The third-order valence-electron chi connectivity index (χ3n) is 2.98. The van der Waals surface area contributed by atoms with Crippen LogP contribution in [0.25, 0.3) is 0 Å². The number of anilines is 3. The molecule has 0 spiro atoms. The Morgan fingerprint density at radius 1 is 1.43 bits per heavy atom. The van der Waals surface area contributed by atoms with Gasteiger partial charge in [0, 0.05) is 12.2 Å². The number of carbonyl (C=O) groups is 1. The number of pyridine rings is 1. The van der Waals surface area contributed by atoms with Gasteiger partial charge < -0.3 is 15.4 Å². The molecule has 1 aromatic heterocycles. The Bertz CT molecular complexity index is 661. The van der Waals surface area contributed by atoms with E-state index < -0.39 is 5.97 Å². The van der Waals surface area contributed by atoms with Gasteiger partial charge in [0.15, 0.2) is 0 Å². The molecule has 0 bridgehead atoms. The van der Waals surface area contributed by atoms with Gasteiger partial charge in [-0.25, -0.2) is 14.2 Å². The normalized spacial score (nSPS) is 10.2. The predicted octanol–water partition coefficient (Wildman–Crippen LogP) is 2.75. The van der Waals surface area contributed by atoms with Gasteiger partial charge in [-0.1, -0.05) is 6.07 Å². The quantitative estimate of drug-likeness (QED) is 0.876. The van der Waals surface area contributed by atoms with Crippen LogP contribution in [0.2, 0.25) is 0 Å². The van der Waals surface area contributed by atoms with E-state index >= 15 is 0 Å². The van der Waals surface area contributed by atoms with Crippen LogP contribution >= 0.6 is 0 Å². The maximum atomic E-state index is 13.4. The van der Waals surface area contributed by atoms with Crippen LogP contribution in [0.5, 0.6) is 0 Å². The van der Waals surface area contributed by atoms with Crippen molar-refractivity contribution in [2.24, 2.45) is 0 Å². The molecule has 0 radical (unpaired) electrons. The zero-order valence-electron chi connectivity index (χ0n) is 11.8. The Labute approximate surface area is 122 Å². The van der Waals surface area contributed by atoms with E-state index in [1.54, 1.807) is 17.0 Å². The number of nitrogen functional groups attached to an aromatic ring is 1. The van der Waals surface area contributed by atoms with Crippen molar-refractivity contribution in [1.29, 1.82) is 0 Å². The second-order valence-electron chi connectivity index (χ2n) is 4.36. The lowest BCUT2D eigenvalue weighted by molar-refractivity contribution is 0.0601. The number of esters is 1. The largest absolute Gasteiger partial charge is 0.465 e. The number of ether oxygens (including phenoxy) is 1. The minimum atomic E-state index is -0.542. The van der Waals surface area contributed by atoms with Crippen LogP contribution in [0.4, 0.5) is 21.6 Å². The van der Waals surface area contributed by atoms with Crippen LogP contribution < -0.4 is 10.6 Å². The molecule has 5 nitrogen and oxygen atoms in total. The number of halogens is 1. The van der Waals surface area contributed by atoms with Crippen molar-refractivity contribution in [3.05, 3.63) is 47.9 Å². The highest BCUT2D eigenvalue weighted by atomic mass is 19.1. The number of carbonyl (C=O) groups excluding carboxylic acids is 1. The van der Waals surface area contributed by atoms with E-state index in [1.165, 1.54) is 31.5 Å². The highest BCUT2D eigenvalue weighted by Gasteiger charge is 2.19. The molecule has 0 amide bonds. The van der Waals surface area contributed by atoms with Gasteiger partial charge in [0.1, 0.15) is 17.2 Å². The molecule has 0 aliphatic rings. The van der Waals surface area contributed by atoms with E-state index in [-0.39, 0.29) is 11.4 Å². The lowest BCUT2D eigenvalue weighted by Gasteiger charge is -2.24. The monoisotopic (exact) mass is 289 g/mol. The third-order valence-corrected chi connectivity index (χ3v) is 2.98. The molecule has 0 aliphatic heterocycles. The summed E-state index contributed by atoms with van der Waals surface area (Å²) in [4.78, 5) is 17.8. The molecule has 0 aliphatic carbocycles. The molecule has 2 N–H and O–H groups in total. The number of benzene rings is 1. The predicted molar refractivity (Wildman–Crippen MR) is 79.1 cm³/mol. The number of rotatable bonds is 4. The molecule has 0 unspecified atom stereocenters. The van der Waals surface area contributed by atoms with Crippen molar-refractivity contribution in [1.82, 2.24) is 4.98 Å². The first-order chi connectivity index (χ1) is 10.1. The van der Waals surface area contributed by atoms with E-state index in [0.29, 0.717) is 23.7 Å². The first kappa shape index (κ1) is 14.8. The van der Waals surface area contributed by atoms with Crippen molar-refractivity contribution in [3.63, 3.8) is 0 Å². The van der Waals surface area contributed by atoms with Crippen molar-refractivity contribution < 1.29 is 13.9 Å². The van der Waals surface area contributed by atoms with Crippen LogP contribution in [-0.4, -0.2) is 24.6 Å². The molecule has 0 atom stereocenters. The van der Waals surface area contributed by atoms with Gasteiger partial charge in [0.05, 0.1) is 19.0 Å². The summed E-state index contributed by atoms with van der Waals surface area (Å²) < 4.78 is 18.2. The molecule has 2 rings (SSSR count). The highest BCUT2D eigenvalue weighted by molar-refractivity contribution is 5.96. The fourth-order valence-corrected chi connectivity index (χ4v) is 2.05. The number of nitrogens with two attached hydrogens (primary N) is 1. The molecule has 0 saturated carbocycles. The van der Waals surface area contributed by atoms with Crippen LogP contribution in [0.15, 0.2) is 36.5 Å². The van der Waals surface area contributed by atoms with Crippen LogP contribution in [0.3, 0.4) is 0 Å². The SMILES string of the molecule is CCN(c1cccc(F)c1)c1ncc(N)cc1C(=O)OC. The highest BCUT2D eigenvalue weighted by Crippen LogP contribution is 2.28. The van der Waals surface area contributed by atoms with Gasteiger partial charge >= 0.3 is 5.97 Å². The number of nitrogens with zero attached hydrogens (tertiary/aromatic N) is 2. The third kappa shape index (κ3) is 3.10. The number of hydrogen-bond acceptors (Lipinski definition) is 5. The molecule has 110 valence electrons. The van der Waals surface area contributed by atoms with Gasteiger partial charge in [-0.15, -0.1) is 0 Å². The van der Waals surface area contributed by atoms with E-state index in [4.69, 9.17) is 10.5 Å². The zero-order valence-corrected chi connectivity index (χ0v) is 11.8. The maximum absolute atomic E-state index is 13.4. The summed E-state index contributed by atoms with van der Waals surface area (Å²) in [6.07, 6.45) is 1.45. The van der Waals surface area contributed by atoms with Gasteiger partial charge in [-0.3, -0.25) is 0 Å². The Hall–Kier alpha value is -2.63. The molecular weight excluding hydrogens is 273 g/mol. The molecule has 2 aromatic rings. The second kappa shape index (κ2) is 6.21. The minimum absolute atomic E-state index is 0.239. The van der Waals surface area contributed by atoms with Gasteiger partial charge in [-0.05, 0) is 31.2 Å². The Morgan fingerprint density at radius 3 is 2.81 bits per heavy atom. The lowest BCUT2D eigenvalue weighted by atomic mass is 10.2. The molecular formula is C15H16FN3O2. The Morgan fingerprint density at radius 2 is 2.19 bits per heavy atom. The number of hydrogen-bond donors (Lipinski definition) is 1. The first-order valence-corrected chi connectivity index (χ1v) is 6.43. The zero-order chi connectivity index (χ0) is 15.4. The molecule has 0 saturated heterocycles. The first-order valence-electron chi connectivity index (χ1n) is 6.43. The average molecular weight is 289 g/mol. The Balaban J connectivity index is 2.54. The average Bonchev–Trinajstić information content (AvgIpc) is 2.48. The molecule has 21 heavy (non-hydrogen) atoms. The number of aromatic nitrogens is 1. The molecule has 1 aromatic carbocycles. The van der Waals surface area contributed by atoms with E-state index in [9.17, 15) is 9.18 Å². The summed E-state index contributed by atoms with van der Waals surface area (Å²) in [5, 5.41) is 0. The van der Waals surface area contributed by atoms with Crippen LogP contribution in [0, 0.1) is 5.82 Å². The second-order valence-corrected chi connectivity index (χ2v) is 4.36. The fraction of sp³-hybridized carbons (Fsp3) is 0.200. The van der Waals surface area contributed by atoms with Crippen molar-refractivity contribution in [2.45, 2.75) is 6.92 Å². The topological polar surface area (TPSA) is 68.5 Å². The van der Waals surface area contributed by atoms with Crippen molar-refractivity contribution in [2.75, 3.05) is 24.3 Å². The number of methoxy groups -OCH3 is 1. The van der Waals surface area contributed by atoms with Crippen molar-refractivity contribution >= 4 is 23.2 Å². The maximum Gasteiger partial charge on any atom is 0.341 e. The smallest absolute Gasteiger partial charge is 0.341 e. The molecule has 0 fully saturated rings. The summed E-state index contributed by atoms with van der Waals surface area (Å²) in [5.41, 5.74) is 6.87. The summed E-state index contributed by atoms with van der Waals surface area (Å²) in [6.45, 7) is 2.38. The van der Waals surface area contributed by atoms with Gasteiger partial charge in [0.25, 0.3) is 0 Å².